The average molecular weight is 200 g/mol. The molecule has 0 radical (unpaired) electrons. The zero-order valence-corrected chi connectivity index (χ0v) is 8.22. The molecule has 0 amide bonds. The normalized spacial score (nSPS) is 11.9. The second-order valence-corrected chi connectivity index (χ2v) is 3.50. The third-order valence-electron chi connectivity index (χ3n) is 2.14. The lowest BCUT2D eigenvalue weighted by atomic mass is 9.97. The highest BCUT2D eigenvalue weighted by atomic mass is 19.3. The van der Waals surface area contributed by atoms with E-state index in [9.17, 15) is 8.78 Å². The van der Waals surface area contributed by atoms with Crippen molar-refractivity contribution in [1.29, 1.82) is 0 Å². The highest BCUT2D eigenvalue weighted by Crippen LogP contribution is 2.36. The molecule has 0 unspecified atom stereocenters. The molecule has 4 heteroatoms. The van der Waals surface area contributed by atoms with Gasteiger partial charge in [-0.05, 0) is 12.1 Å². The van der Waals surface area contributed by atoms with Crippen LogP contribution in [0.15, 0.2) is 24.3 Å². The number of nitrogens with one attached hydrogen (secondary N) is 1. The van der Waals surface area contributed by atoms with Crippen molar-refractivity contribution in [3.05, 3.63) is 29.8 Å². The minimum absolute atomic E-state index is 0.0112. The fourth-order valence-corrected chi connectivity index (χ4v) is 1.15. The molecule has 78 valence electrons. The molecular formula is C10H14F2N2. The molecule has 0 aliphatic carbocycles. The quantitative estimate of drug-likeness (QED) is 0.581. The van der Waals surface area contributed by atoms with Gasteiger partial charge < -0.3 is 5.43 Å². The van der Waals surface area contributed by atoms with E-state index in [0.717, 1.165) is 0 Å². The van der Waals surface area contributed by atoms with Crippen molar-refractivity contribution < 1.29 is 8.78 Å². The number of anilines is 1. The predicted molar refractivity (Wildman–Crippen MR) is 53.0 cm³/mol. The number of hydrogen-bond acceptors (Lipinski definition) is 2. The molecule has 0 aromatic heterocycles. The topological polar surface area (TPSA) is 38.0 Å². The van der Waals surface area contributed by atoms with Gasteiger partial charge in [-0.3, -0.25) is 5.84 Å². The number of halogens is 2. The van der Waals surface area contributed by atoms with E-state index in [1.54, 1.807) is 12.1 Å². The van der Waals surface area contributed by atoms with Gasteiger partial charge in [0.2, 0.25) is 0 Å². The maximum atomic E-state index is 13.5. The Bertz CT molecular complexity index is 311. The van der Waals surface area contributed by atoms with Gasteiger partial charge in [0.15, 0.2) is 0 Å². The van der Waals surface area contributed by atoms with Gasteiger partial charge in [-0.25, -0.2) is 8.78 Å². The summed E-state index contributed by atoms with van der Waals surface area (Å²) >= 11 is 0. The molecule has 0 spiro atoms. The Balaban J connectivity index is 3.06. The van der Waals surface area contributed by atoms with Gasteiger partial charge in [-0.2, -0.15) is 0 Å². The number of nitrogen functional groups attached to an aromatic ring is 1. The summed E-state index contributed by atoms with van der Waals surface area (Å²) in [5.74, 6) is 1.60. The fourth-order valence-electron chi connectivity index (χ4n) is 1.15. The summed E-state index contributed by atoms with van der Waals surface area (Å²) in [7, 11) is 0. The predicted octanol–water partition coefficient (Wildman–Crippen LogP) is 2.72. The van der Waals surface area contributed by atoms with Crippen molar-refractivity contribution in [3.63, 3.8) is 0 Å². The number of hydrazine groups is 1. The van der Waals surface area contributed by atoms with Crippen molar-refractivity contribution >= 4 is 5.69 Å². The highest BCUT2D eigenvalue weighted by molar-refractivity contribution is 5.45. The first-order valence-corrected chi connectivity index (χ1v) is 4.43. The van der Waals surface area contributed by atoms with Crippen LogP contribution in [-0.2, 0) is 5.92 Å². The second-order valence-electron chi connectivity index (χ2n) is 3.50. The molecular weight excluding hydrogens is 186 g/mol. The Labute approximate surface area is 82.1 Å². The van der Waals surface area contributed by atoms with Crippen LogP contribution >= 0.6 is 0 Å². The van der Waals surface area contributed by atoms with Gasteiger partial charge in [0, 0.05) is 17.2 Å². The fraction of sp³-hybridized carbons (Fsp3) is 0.400. The first-order valence-electron chi connectivity index (χ1n) is 4.43. The first-order chi connectivity index (χ1) is 6.48. The average Bonchev–Trinajstić information content (AvgIpc) is 2.17. The number of benzene rings is 1. The third kappa shape index (κ3) is 2.01. The molecule has 2 nitrogen and oxygen atoms in total. The van der Waals surface area contributed by atoms with Gasteiger partial charge in [0.1, 0.15) is 0 Å². The van der Waals surface area contributed by atoms with Crippen LogP contribution in [0.4, 0.5) is 14.5 Å². The molecule has 0 fully saturated rings. The van der Waals surface area contributed by atoms with E-state index >= 15 is 0 Å². The Morgan fingerprint density at radius 1 is 1.36 bits per heavy atom. The highest BCUT2D eigenvalue weighted by Gasteiger charge is 2.35. The maximum Gasteiger partial charge on any atom is 0.275 e. The lowest BCUT2D eigenvalue weighted by Gasteiger charge is -2.21. The first kappa shape index (κ1) is 10.9. The Morgan fingerprint density at radius 2 is 2.00 bits per heavy atom. The van der Waals surface area contributed by atoms with Crippen molar-refractivity contribution in [2.24, 2.45) is 11.8 Å². The lowest BCUT2D eigenvalue weighted by Crippen LogP contribution is -2.21. The van der Waals surface area contributed by atoms with E-state index in [0.29, 0.717) is 5.69 Å². The Kier molecular flexibility index (Phi) is 3.06. The van der Waals surface area contributed by atoms with Crippen LogP contribution < -0.4 is 11.3 Å². The van der Waals surface area contributed by atoms with E-state index in [2.05, 4.69) is 5.43 Å². The minimum atomic E-state index is -2.81. The number of rotatable bonds is 3. The molecule has 0 saturated heterocycles. The van der Waals surface area contributed by atoms with E-state index in [-0.39, 0.29) is 5.56 Å². The van der Waals surface area contributed by atoms with Gasteiger partial charge >= 0.3 is 0 Å². The van der Waals surface area contributed by atoms with Crippen molar-refractivity contribution in [3.8, 4) is 0 Å². The van der Waals surface area contributed by atoms with Crippen LogP contribution in [-0.4, -0.2) is 0 Å². The monoisotopic (exact) mass is 200 g/mol. The number of nitrogens with two attached hydrogens (primary N) is 1. The molecule has 14 heavy (non-hydrogen) atoms. The van der Waals surface area contributed by atoms with E-state index in [1.807, 2.05) is 0 Å². The summed E-state index contributed by atoms with van der Waals surface area (Å²) < 4.78 is 27.1. The smallest absolute Gasteiger partial charge is 0.275 e. The molecule has 1 aromatic carbocycles. The molecule has 1 rings (SSSR count). The van der Waals surface area contributed by atoms with E-state index in [4.69, 9.17) is 5.84 Å². The van der Waals surface area contributed by atoms with Gasteiger partial charge in [-0.1, -0.05) is 26.0 Å². The standard InChI is InChI=1S/C10H14F2N2/c1-7(2)10(11,12)8-4-3-5-9(6-8)14-13/h3-7,14H,13H2,1-2H3. The minimum Gasteiger partial charge on any atom is -0.324 e. The van der Waals surface area contributed by atoms with E-state index in [1.165, 1.54) is 26.0 Å². The molecule has 0 aliphatic heterocycles. The van der Waals surface area contributed by atoms with Crippen molar-refractivity contribution in [2.45, 2.75) is 19.8 Å². The zero-order chi connectivity index (χ0) is 10.8. The summed E-state index contributed by atoms with van der Waals surface area (Å²) in [4.78, 5) is 0. The largest absolute Gasteiger partial charge is 0.324 e. The zero-order valence-electron chi connectivity index (χ0n) is 8.22. The van der Waals surface area contributed by atoms with Crippen molar-refractivity contribution in [2.75, 3.05) is 5.43 Å². The van der Waals surface area contributed by atoms with Crippen LogP contribution in [0.2, 0.25) is 0 Å². The van der Waals surface area contributed by atoms with Crippen LogP contribution in [0.25, 0.3) is 0 Å². The summed E-state index contributed by atoms with van der Waals surface area (Å²) in [6, 6.07) is 5.96. The van der Waals surface area contributed by atoms with Gasteiger partial charge in [0.05, 0.1) is 0 Å². The molecule has 0 saturated carbocycles. The van der Waals surface area contributed by atoms with Gasteiger partial charge in [0.25, 0.3) is 5.92 Å². The summed E-state index contributed by atoms with van der Waals surface area (Å²) in [5, 5.41) is 0. The summed E-state index contributed by atoms with van der Waals surface area (Å²) in [5.41, 5.74) is 2.82. The third-order valence-corrected chi connectivity index (χ3v) is 2.14. The summed E-state index contributed by atoms with van der Waals surface area (Å²) in [6.45, 7) is 2.98. The Hall–Kier alpha value is -1.16. The number of hydrogen-bond donors (Lipinski definition) is 2. The molecule has 1 aromatic rings. The Morgan fingerprint density at radius 3 is 2.50 bits per heavy atom. The van der Waals surface area contributed by atoms with Crippen LogP contribution in [0.1, 0.15) is 19.4 Å². The maximum absolute atomic E-state index is 13.5. The second kappa shape index (κ2) is 3.92. The van der Waals surface area contributed by atoms with E-state index < -0.39 is 11.8 Å². The summed E-state index contributed by atoms with van der Waals surface area (Å²) in [6.07, 6.45) is 0. The molecule has 0 bridgehead atoms. The SMILES string of the molecule is CC(C)C(F)(F)c1cccc(NN)c1. The van der Waals surface area contributed by atoms with Gasteiger partial charge in [-0.15, -0.1) is 0 Å². The molecule has 0 heterocycles. The lowest BCUT2D eigenvalue weighted by molar-refractivity contribution is -0.0513. The molecule has 3 N–H and O–H groups in total. The van der Waals surface area contributed by atoms with Crippen LogP contribution in [0.3, 0.4) is 0 Å². The molecule has 0 aliphatic rings. The number of alkyl halides is 2. The molecule has 0 atom stereocenters. The van der Waals surface area contributed by atoms with Crippen LogP contribution in [0, 0.1) is 5.92 Å². The van der Waals surface area contributed by atoms with Crippen LogP contribution in [0.5, 0.6) is 0 Å². The van der Waals surface area contributed by atoms with Crippen molar-refractivity contribution in [1.82, 2.24) is 0 Å².